The molecule has 0 amide bonds. The summed E-state index contributed by atoms with van der Waals surface area (Å²) in [6, 6.07) is 4.98. The van der Waals surface area contributed by atoms with Crippen molar-refractivity contribution in [2.45, 2.75) is 45.6 Å². The molecule has 5 nitrogen and oxygen atoms in total. The molecule has 1 aliphatic rings. The molecule has 19 heavy (non-hydrogen) atoms. The average molecular weight is 263 g/mol. The van der Waals surface area contributed by atoms with Crippen molar-refractivity contribution in [1.82, 2.24) is 0 Å². The van der Waals surface area contributed by atoms with Crippen LogP contribution in [-0.4, -0.2) is 11.0 Å². The number of nitrogens with two attached hydrogens (primary N) is 1. The summed E-state index contributed by atoms with van der Waals surface area (Å²) in [5.41, 5.74) is 7.28. The van der Waals surface area contributed by atoms with Gasteiger partial charge < -0.3 is 11.1 Å². The molecule has 104 valence electrons. The molecular weight excluding hydrogens is 242 g/mol. The lowest BCUT2D eigenvalue weighted by atomic mass is 9.75. The summed E-state index contributed by atoms with van der Waals surface area (Å²) in [6.07, 6.45) is 4.36. The van der Waals surface area contributed by atoms with E-state index in [1.54, 1.807) is 12.1 Å². The Morgan fingerprint density at radius 3 is 2.58 bits per heavy atom. The highest BCUT2D eigenvalue weighted by Crippen LogP contribution is 2.37. The van der Waals surface area contributed by atoms with Crippen molar-refractivity contribution < 1.29 is 4.92 Å². The van der Waals surface area contributed by atoms with Crippen LogP contribution in [0.3, 0.4) is 0 Å². The molecule has 1 aromatic rings. The normalized spacial score (nSPS) is 19.1. The smallest absolute Gasteiger partial charge is 0.292 e. The predicted molar refractivity (Wildman–Crippen MR) is 77.2 cm³/mol. The molecule has 0 aliphatic heterocycles. The Bertz CT molecular complexity index is 476. The number of nitrogens with one attached hydrogen (secondary N) is 1. The van der Waals surface area contributed by atoms with Gasteiger partial charge in [-0.1, -0.05) is 13.8 Å². The van der Waals surface area contributed by atoms with Crippen molar-refractivity contribution in [1.29, 1.82) is 0 Å². The minimum atomic E-state index is -0.367. The summed E-state index contributed by atoms with van der Waals surface area (Å²) in [7, 11) is 0. The van der Waals surface area contributed by atoms with E-state index in [1.807, 2.05) is 0 Å². The molecule has 0 spiro atoms. The van der Waals surface area contributed by atoms with Crippen LogP contribution < -0.4 is 11.1 Å². The molecule has 0 radical (unpaired) electrons. The van der Waals surface area contributed by atoms with Gasteiger partial charge in [0.2, 0.25) is 0 Å². The molecule has 0 heterocycles. The molecule has 1 aliphatic carbocycles. The Balaban J connectivity index is 2.11. The topological polar surface area (TPSA) is 81.2 Å². The lowest BCUT2D eigenvalue weighted by molar-refractivity contribution is -0.384. The largest absolute Gasteiger partial charge is 0.399 e. The number of nitrogens with zero attached hydrogens (tertiary/aromatic N) is 1. The molecule has 1 saturated carbocycles. The summed E-state index contributed by atoms with van der Waals surface area (Å²) in [6.45, 7) is 4.54. The maximum absolute atomic E-state index is 11.0. The highest BCUT2D eigenvalue weighted by Gasteiger charge is 2.27. The van der Waals surface area contributed by atoms with Gasteiger partial charge in [-0.25, -0.2) is 0 Å². The minimum Gasteiger partial charge on any atom is -0.399 e. The number of nitro benzene ring substituents is 1. The van der Waals surface area contributed by atoms with E-state index in [0.29, 0.717) is 22.8 Å². The maximum Gasteiger partial charge on any atom is 0.292 e. The van der Waals surface area contributed by atoms with Crippen LogP contribution in [0, 0.1) is 15.5 Å². The van der Waals surface area contributed by atoms with Gasteiger partial charge in [0.15, 0.2) is 0 Å². The molecule has 0 aromatic heterocycles. The summed E-state index contributed by atoms with van der Waals surface area (Å²) >= 11 is 0. The van der Waals surface area contributed by atoms with Crippen LogP contribution >= 0.6 is 0 Å². The summed E-state index contributed by atoms with van der Waals surface area (Å²) in [5, 5.41) is 14.3. The van der Waals surface area contributed by atoms with Gasteiger partial charge in [-0.15, -0.1) is 0 Å². The molecule has 0 saturated heterocycles. The van der Waals surface area contributed by atoms with E-state index in [-0.39, 0.29) is 10.6 Å². The third kappa shape index (κ3) is 3.36. The van der Waals surface area contributed by atoms with Gasteiger partial charge in [0.05, 0.1) is 4.92 Å². The molecule has 0 unspecified atom stereocenters. The van der Waals surface area contributed by atoms with E-state index in [1.165, 1.54) is 6.07 Å². The van der Waals surface area contributed by atoms with Crippen molar-refractivity contribution in [3.63, 3.8) is 0 Å². The molecule has 5 heteroatoms. The van der Waals surface area contributed by atoms with Crippen molar-refractivity contribution in [2.24, 2.45) is 5.41 Å². The van der Waals surface area contributed by atoms with Crippen LogP contribution in [0.25, 0.3) is 0 Å². The van der Waals surface area contributed by atoms with E-state index < -0.39 is 0 Å². The second-order valence-electron chi connectivity index (χ2n) is 6.12. The monoisotopic (exact) mass is 263 g/mol. The van der Waals surface area contributed by atoms with Crippen molar-refractivity contribution in [3.8, 4) is 0 Å². The number of rotatable bonds is 3. The Kier molecular flexibility index (Phi) is 3.64. The first-order chi connectivity index (χ1) is 8.87. The van der Waals surface area contributed by atoms with Gasteiger partial charge in [0, 0.05) is 17.8 Å². The number of hydrogen-bond donors (Lipinski definition) is 2. The van der Waals surface area contributed by atoms with Crippen molar-refractivity contribution in [3.05, 3.63) is 28.3 Å². The molecule has 0 bridgehead atoms. The van der Waals surface area contributed by atoms with E-state index in [9.17, 15) is 10.1 Å². The molecule has 2 rings (SSSR count). The number of hydrogen-bond acceptors (Lipinski definition) is 4. The van der Waals surface area contributed by atoms with Crippen LogP contribution in [0.1, 0.15) is 39.5 Å². The third-order valence-electron chi connectivity index (χ3n) is 3.92. The third-order valence-corrected chi connectivity index (χ3v) is 3.92. The molecule has 1 aromatic carbocycles. The Hall–Kier alpha value is -1.78. The minimum absolute atomic E-state index is 0.0963. The SMILES string of the molecule is CC1(C)CCC(Nc2cc(N)ccc2[N+](=O)[O-])CC1. The van der Waals surface area contributed by atoms with Crippen molar-refractivity contribution in [2.75, 3.05) is 11.1 Å². The van der Waals surface area contributed by atoms with Crippen molar-refractivity contribution >= 4 is 17.1 Å². The van der Waals surface area contributed by atoms with Crippen LogP contribution in [-0.2, 0) is 0 Å². The first-order valence-corrected chi connectivity index (χ1v) is 6.68. The van der Waals surface area contributed by atoms with Gasteiger partial charge in [0.25, 0.3) is 5.69 Å². The quantitative estimate of drug-likeness (QED) is 0.496. The average Bonchev–Trinajstić information content (AvgIpc) is 2.31. The van der Waals surface area contributed by atoms with E-state index in [2.05, 4.69) is 19.2 Å². The van der Waals surface area contributed by atoms with E-state index >= 15 is 0 Å². The number of nitrogen functional groups attached to an aromatic ring is 1. The van der Waals surface area contributed by atoms with Gasteiger partial charge in [0.1, 0.15) is 5.69 Å². The first kappa shape index (κ1) is 13.6. The molecule has 1 fully saturated rings. The van der Waals surface area contributed by atoms with E-state index in [0.717, 1.165) is 25.7 Å². The van der Waals surface area contributed by atoms with Gasteiger partial charge in [-0.05, 0) is 43.2 Å². The highest BCUT2D eigenvalue weighted by molar-refractivity contribution is 5.67. The fourth-order valence-corrected chi connectivity index (χ4v) is 2.59. The fourth-order valence-electron chi connectivity index (χ4n) is 2.59. The summed E-state index contributed by atoms with van der Waals surface area (Å²) in [5.74, 6) is 0. The lowest BCUT2D eigenvalue weighted by Gasteiger charge is -2.35. The van der Waals surface area contributed by atoms with E-state index in [4.69, 9.17) is 5.73 Å². The van der Waals surface area contributed by atoms with Gasteiger partial charge in [-0.3, -0.25) is 10.1 Å². The second kappa shape index (κ2) is 5.07. The molecule has 0 atom stereocenters. The first-order valence-electron chi connectivity index (χ1n) is 6.68. The highest BCUT2D eigenvalue weighted by atomic mass is 16.6. The Labute approximate surface area is 113 Å². The van der Waals surface area contributed by atoms with Crippen LogP contribution in [0.15, 0.2) is 18.2 Å². The number of nitro groups is 1. The van der Waals surface area contributed by atoms with Gasteiger partial charge >= 0.3 is 0 Å². The standard InChI is InChI=1S/C14H21N3O2/c1-14(2)7-5-11(6-8-14)16-12-9-10(15)3-4-13(12)17(18)19/h3-4,9,11,16H,5-8,15H2,1-2H3. The lowest BCUT2D eigenvalue weighted by Crippen LogP contribution is -2.30. The zero-order chi connectivity index (χ0) is 14.0. The summed E-state index contributed by atoms with van der Waals surface area (Å²) in [4.78, 5) is 10.6. The number of benzene rings is 1. The van der Waals surface area contributed by atoms with Crippen LogP contribution in [0.4, 0.5) is 17.1 Å². The predicted octanol–water partition coefficient (Wildman–Crippen LogP) is 3.56. The molecular formula is C14H21N3O2. The zero-order valence-electron chi connectivity index (χ0n) is 11.5. The number of anilines is 2. The summed E-state index contributed by atoms with van der Waals surface area (Å²) < 4.78 is 0. The molecule has 3 N–H and O–H groups in total. The Morgan fingerprint density at radius 2 is 2.00 bits per heavy atom. The zero-order valence-corrected chi connectivity index (χ0v) is 11.5. The van der Waals surface area contributed by atoms with Crippen LogP contribution in [0.2, 0.25) is 0 Å². The van der Waals surface area contributed by atoms with Crippen LogP contribution in [0.5, 0.6) is 0 Å². The van der Waals surface area contributed by atoms with Gasteiger partial charge in [-0.2, -0.15) is 0 Å². The second-order valence-corrected chi connectivity index (χ2v) is 6.12. The fraction of sp³-hybridized carbons (Fsp3) is 0.571. The Morgan fingerprint density at radius 1 is 1.37 bits per heavy atom. The maximum atomic E-state index is 11.0.